The van der Waals surface area contributed by atoms with E-state index in [1.54, 1.807) is 24.2 Å². The number of nitrogens with two attached hydrogens (primary N) is 1. The molecule has 0 amide bonds. The number of benzene rings is 1. The van der Waals surface area contributed by atoms with E-state index < -0.39 is 0 Å². The van der Waals surface area contributed by atoms with Gasteiger partial charge in [-0.25, -0.2) is 9.97 Å². The predicted molar refractivity (Wildman–Crippen MR) is 79.3 cm³/mol. The fourth-order valence-corrected chi connectivity index (χ4v) is 2.62. The second kappa shape index (κ2) is 6.68. The molecule has 1 unspecified atom stereocenters. The Morgan fingerprint density at radius 1 is 1.26 bits per heavy atom. The molecule has 1 atom stereocenters. The Balaban J connectivity index is 2.11. The monoisotopic (exact) mass is 273 g/mol. The van der Waals surface area contributed by atoms with Gasteiger partial charge in [0, 0.05) is 23.3 Å². The number of rotatable bonds is 5. The van der Waals surface area contributed by atoms with Crippen molar-refractivity contribution in [3.8, 4) is 0 Å². The number of aromatic nitrogens is 2. The SMILES string of the molecule is CCC(N)Cc1ccc(Sc2ncccn2)c(C)c1. The molecule has 0 aliphatic heterocycles. The van der Waals surface area contributed by atoms with E-state index in [1.807, 2.05) is 6.07 Å². The van der Waals surface area contributed by atoms with Crippen LogP contribution in [-0.4, -0.2) is 16.0 Å². The Hall–Kier alpha value is -1.39. The van der Waals surface area contributed by atoms with Gasteiger partial charge >= 0.3 is 0 Å². The topological polar surface area (TPSA) is 51.8 Å². The highest BCUT2D eigenvalue weighted by atomic mass is 32.2. The molecule has 0 aliphatic carbocycles. The molecular weight excluding hydrogens is 254 g/mol. The van der Waals surface area contributed by atoms with Crippen LogP contribution >= 0.6 is 11.8 Å². The zero-order valence-corrected chi connectivity index (χ0v) is 12.2. The van der Waals surface area contributed by atoms with E-state index in [0.717, 1.165) is 18.0 Å². The third kappa shape index (κ3) is 4.04. The van der Waals surface area contributed by atoms with Crippen LogP contribution in [0, 0.1) is 6.92 Å². The van der Waals surface area contributed by atoms with E-state index in [1.165, 1.54) is 16.0 Å². The van der Waals surface area contributed by atoms with Crippen LogP contribution in [0.25, 0.3) is 0 Å². The Morgan fingerprint density at radius 2 is 2.00 bits per heavy atom. The van der Waals surface area contributed by atoms with Gasteiger partial charge in [-0.3, -0.25) is 0 Å². The molecule has 0 saturated carbocycles. The van der Waals surface area contributed by atoms with E-state index in [4.69, 9.17) is 5.73 Å². The standard InChI is InChI=1S/C15H19N3S/c1-3-13(16)10-12-5-6-14(11(2)9-12)19-15-17-7-4-8-18-15/h4-9,13H,3,10,16H2,1-2H3. The lowest BCUT2D eigenvalue weighted by molar-refractivity contribution is 0.646. The van der Waals surface area contributed by atoms with Gasteiger partial charge in [-0.1, -0.05) is 19.1 Å². The van der Waals surface area contributed by atoms with Crippen LogP contribution < -0.4 is 5.73 Å². The summed E-state index contributed by atoms with van der Waals surface area (Å²) < 4.78 is 0. The van der Waals surface area contributed by atoms with E-state index in [-0.39, 0.29) is 6.04 Å². The lowest BCUT2D eigenvalue weighted by atomic mass is 10.0. The van der Waals surface area contributed by atoms with Gasteiger partial charge in [0.2, 0.25) is 0 Å². The molecule has 1 heterocycles. The van der Waals surface area contributed by atoms with Crippen LogP contribution in [0.4, 0.5) is 0 Å². The van der Waals surface area contributed by atoms with Gasteiger partial charge in [0.05, 0.1) is 0 Å². The summed E-state index contributed by atoms with van der Waals surface area (Å²) in [5, 5.41) is 0.781. The van der Waals surface area contributed by atoms with Crippen LogP contribution in [0.1, 0.15) is 24.5 Å². The molecule has 3 nitrogen and oxygen atoms in total. The number of hydrogen-bond acceptors (Lipinski definition) is 4. The van der Waals surface area contributed by atoms with Gasteiger partial charge in [0.15, 0.2) is 5.16 Å². The highest BCUT2D eigenvalue weighted by Crippen LogP contribution is 2.28. The highest BCUT2D eigenvalue weighted by molar-refractivity contribution is 7.99. The van der Waals surface area contributed by atoms with E-state index >= 15 is 0 Å². The van der Waals surface area contributed by atoms with Crippen molar-refractivity contribution in [1.29, 1.82) is 0 Å². The first-order valence-electron chi connectivity index (χ1n) is 6.49. The summed E-state index contributed by atoms with van der Waals surface area (Å²) in [4.78, 5) is 9.66. The summed E-state index contributed by atoms with van der Waals surface area (Å²) in [6.45, 7) is 4.24. The quantitative estimate of drug-likeness (QED) is 0.850. The summed E-state index contributed by atoms with van der Waals surface area (Å²) in [5.41, 5.74) is 8.54. The van der Waals surface area contributed by atoms with Crippen molar-refractivity contribution >= 4 is 11.8 Å². The molecule has 0 saturated heterocycles. The molecule has 0 fully saturated rings. The fourth-order valence-electron chi connectivity index (χ4n) is 1.84. The summed E-state index contributed by atoms with van der Waals surface area (Å²) in [6, 6.07) is 8.56. The lowest BCUT2D eigenvalue weighted by Crippen LogP contribution is -2.21. The van der Waals surface area contributed by atoms with Crippen LogP contribution in [0.15, 0.2) is 46.7 Å². The molecule has 2 aromatic rings. The molecule has 100 valence electrons. The molecule has 19 heavy (non-hydrogen) atoms. The van der Waals surface area contributed by atoms with Crippen molar-refractivity contribution < 1.29 is 0 Å². The first-order valence-corrected chi connectivity index (χ1v) is 7.30. The van der Waals surface area contributed by atoms with Crippen molar-refractivity contribution in [3.05, 3.63) is 47.8 Å². The third-order valence-electron chi connectivity index (χ3n) is 3.00. The molecule has 2 rings (SSSR count). The van der Waals surface area contributed by atoms with Gasteiger partial charge in [-0.05, 0) is 54.8 Å². The zero-order valence-electron chi connectivity index (χ0n) is 11.3. The summed E-state index contributed by atoms with van der Waals surface area (Å²) in [7, 11) is 0. The first kappa shape index (κ1) is 14.0. The summed E-state index contributed by atoms with van der Waals surface area (Å²) in [6.07, 6.45) is 5.47. The smallest absolute Gasteiger partial charge is 0.192 e. The van der Waals surface area contributed by atoms with Crippen LogP contribution in [0.5, 0.6) is 0 Å². The normalized spacial score (nSPS) is 12.4. The van der Waals surface area contributed by atoms with Crippen LogP contribution in [-0.2, 0) is 6.42 Å². The van der Waals surface area contributed by atoms with Crippen LogP contribution in [0.3, 0.4) is 0 Å². The van der Waals surface area contributed by atoms with E-state index in [2.05, 4.69) is 42.0 Å². The molecule has 1 aromatic carbocycles. The van der Waals surface area contributed by atoms with Crippen molar-refractivity contribution in [3.63, 3.8) is 0 Å². The Kier molecular flexibility index (Phi) is 4.93. The maximum atomic E-state index is 5.99. The first-order chi connectivity index (χ1) is 9.19. The minimum atomic E-state index is 0.246. The zero-order chi connectivity index (χ0) is 13.7. The number of nitrogens with zero attached hydrogens (tertiary/aromatic N) is 2. The van der Waals surface area contributed by atoms with Gasteiger partial charge < -0.3 is 5.73 Å². The Bertz CT molecular complexity index is 528. The molecule has 0 aliphatic rings. The van der Waals surface area contributed by atoms with Gasteiger partial charge in [-0.2, -0.15) is 0 Å². The van der Waals surface area contributed by atoms with Crippen LogP contribution in [0.2, 0.25) is 0 Å². The van der Waals surface area contributed by atoms with Crippen molar-refractivity contribution in [2.45, 2.75) is 42.8 Å². The van der Waals surface area contributed by atoms with Gasteiger partial charge in [0.25, 0.3) is 0 Å². The number of hydrogen-bond donors (Lipinski definition) is 1. The largest absolute Gasteiger partial charge is 0.327 e. The maximum absolute atomic E-state index is 5.99. The van der Waals surface area contributed by atoms with Crippen molar-refractivity contribution in [1.82, 2.24) is 9.97 Å². The maximum Gasteiger partial charge on any atom is 0.192 e. The van der Waals surface area contributed by atoms with E-state index in [9.17, 15) is 0 Å². The molecule has 0 spiro atoms. The van der Waals surface area contributed by atoms with E-state index in [0.29, 0.717) is 0 Å². The molecule has 1 aromatic heterocycles. The lowest BCUT2D eigenvalue weighted by Gasteiger charge is -2.11. The fraction of sp³-hybridized carbons (Fsp3) is 0.333. The summed E-state index contributed by atoms with van der Waals surface area (Å²) in [5.74, 6) is 0. The second-order valence-electron chi connectivity index (χ2n) is 4.61. The minimum Gasteiger partial charge on any atom is -0.327 e. The average molecular weight is 273 g/mol. The molecule has 0 bridgehead atoms. The van der Waals surface area contributed by atoms with Gasteiger partial charge in [-0.15, -0.1) is 0 Å². The van der Waals surface area contributed by atoms with Gasteiger partial charge in [0.1, 0.15) is 0 Å². The molecular formula is C15H19N3S. The molecule has 0 radical (unpaired) electrons. The second-order valence-corrected chi connectivity index (χ2v) is 5.61. The Morgan fingerprint density at radius 3 is 2.63 bits per heavy atom. The van der Waals surface area contributed by atoms with Crippen molar-refractivity contribution in [2.24, 2.45) is 5.73 Å². The Labute approximate surface area is 118 Å². The minimum absolute atomic E-state index is 0.246. The van der Waals surface area contributed by atoms with Crippen molar-refractivity contribution in [2.75, 3.05) is 0 Å². The summed E-state index contributed by atoms with van der Waals surface area (Å²) >= 11 is 1.59. The average Bonchev–Trinajstić information content (AvgIpc) is 2.43. The molecule has 4 heteroatoms. The molecule has 2 N–H and O–H groups in total. The highest BCUT2D eigenvalue weighted by Gasteiger charge is 2.06. The number of aryl methyl sites for hydroxylation is 1. The predicted octanol–water partition coefficient (Wildman–Crippen LogP) is 3.22. The third-order valence-corrected chi connectivity index (χ3v) is 4.08.